The molecule has 84 valence electrons. The fourth-order valence-electron chi connectivity index (χ4n) is 1.67. The Hall–Kier alpha value is -0.380. The third-order valence-electron chi connectivity index (χ3n) is 2.85. The Bertz CT molecular complexity index is 317. The van der Waals surface area contributed by atoms with E-state index in [4.69, 9.17) is 10.5 Å². The Labute approximate surface area is 95.4 Å². The van der Waals surface area contributed by atoms with Crippen LogP contribution in [-0.2, 0) is 4.74 Å². The summed E-state index contributed by atoms with van der Waals surface area (Å²) in [5, 5.41) is 2.11. The Kier molecular flexibility index (Phi) is 3.44. The molecule has 3 heteroatoms. The van der Waals surface area contributed by atoms with E-state index in [0.29, 0.717) is 0 Å². The molecule has 0 radical (unpaired) electrons. The van der Waals surface area contributed by atoms with Crippen LogP contribution in [0.15, 0.2) is 11.4 Å². The highest BCUT2D eigenvalue weighted by molar-refractivity contribution is 7.10. The first kappa shape index (κ1) is 11.1. The molecule has 1 aromatic heterocycles. The van der Waals surface area contributed by atoms with Crippen molar-refractivity contribution in [1.82, 2.24) is 0 Å². The van der Waals surface area contributed by atoms with E-state index in [1.807, 2.05) is 6.92 Å². The van der Waals surface area contributed by atoms with Crippen molar-refractivity contribution < 1.29 is 4.74 Å². The molecule has 2 N–H and O–H groups in total. The fourth-order valence-corrected chi connectivity index (χ4v) is 2.76. The van der Waals surface area contributed by atoms with E-state index in [2.05, 4.69) is 18.4 Å². The van der Waals surface area contributed by atoms with E-state index >= 15 is 0 Å². The Morgan fingerprint density at radius 2 is 2.33 bits per heavy atom. The summed E-state index contributed by atoms with van der Waals surface area (Å²) < 4.78 is 5.94. The van der Waals surface area contributed by atoms with Crippen LogP contribution in [0.4, 0.5) is 0 Å². The van der Waals surface area contributed by atoms with Gasteiger partial charge in [-0.1, -0.05) is 0 Å². The molecule has 2 rings (SSSR count). The minimum absolute atomic E-state index is 0.0705. The molecular formula is C12H19NOS. The standard InChI is InChI=1S/C12H19NOS/c1-8-5-6-15-12(8)11(9(2)13)14-7-10-3-4-10/h5-6,9-11H,3-4,7,13H2,1-2H3. The quantitative estimate of drug-likeness (QED) is 0.836. The first-order valence-corrected chi connectivity index (χ1v) is 6.47. The van der Waals surface area contributed by atoms with Crippen LogP contribution < -0.4 is 5.73 Å². The zero-order valence-corrected chi connectivity index (χ0v) is 10.2. The van der Waals surface area contributed by atoms with Crippen molar-refractivity contribution in [2.24, 2.45) is 11.7 Å². The van der Waals surface area contributed by atoms with Crippen molar-refractivity contribution >= 4 is 11.3 Å². The van der Waals surface area contributed by atoms with Gasteiger partial charge >= 0.3 is 0 Å². The van der Waals surface area contributed by atoms with Crippen LogP contribution >= 0.6 is 11.3 Å². The summed E-state index contributed by atoms with van der Waals surface area (Å²) in [6.45, 7) is 5.03. The molecular weight excluding hydrogens is 206 g/mol. The molecule has 1 aromatic rings. The monoisotopic (exact) mass is 225 g/mol. The van der Waals surface area contributed by atoms with E-state index in [-0.39, 0.29) is 12.1 Å². The Morgan fingerprint density at radius 3 is 2.80 bits per heavy atom. The molecule has 0 bridgehead atoms. The van der Waals surface area contributed by atoms with E-state index in [9.17, 15) is 0 Å². The highest BCUT2D eigenvalue weighted by atomic mass is 32.1. The number of nitrogens with two attached hydrogens (primary N) is 1. The SMILES string of the molecule is Cc1ccsc1C(OCC1CC1)C(C)N. The molecule has 15 heavy (non-hydrogen) atoms. The van der Waals surface area contributed by atoms with Gasteiger partial charge < -0.3 is 10.5 Å². The summed E-state index contributed by atoms with van der Waals surface area (Å²) in [7, 11) is 0. The average molecular weight is 225 g/mol. The van der Waals surface area contributed by atoms with Crippen LogP contribution in [-0.4, -0.2) is 12.6 Å². The van der Waals surface area contributed by atoms with Gasteiger partial charge in [-0.25, -0.2) is 0 Å². The Balaban J connectivity index is 2.01. The second-order valence-corrected chi connectivity index (χ2v) is 5.47. The van der Waals surface area contributed by atoms with Crippen molar-refractivity contribution in [1.29, 1.82) is 0 Å². The number of ether oxygens (including phenoxy) is 1. The molecule has 1 heterocycles. The lowest BCUT2D eigenvalue weighted by atomic mass is 10.1. The summed E-state index contributed by atoms with van der Waals surface area (Å²) in [4.78, 5) is 1.30. The molecule has 1 saturated carbocycles. The molecule has 0 aromatic carbocycles. The van der Waals surface area contributed by atoms with Crippen LogP contribution in [0.2, 0.25) is 0 Å². The maximum Gasteiger partial charge on any atom is 0.107 e. The number of hydrogen-bond acceptors (Lipinski definition) is 3. The minimum Gasteiger partial charge on any atom is -0.371 e. The summed E-state index contributed by atoms with van der Waals surface area (Å²) in [5.41, 5.74) is 7.29. The van der Waals surface area contributed by atoms with E-state index in [1.54, 1.807) is 11.3 Å². The van der Waals surface area contributed by atoms with Crippen molar-refractivity contribution in [3.63, 3.8) is 0 Å². The summed E-state index contributed by atoms with van der Waals surface area (Å²) in [5.74, 6) is 0.798. The predicted octanol–water partition coefficient (Wildman–Crippen LogP) is 2.87. The van der Waals surface area contributed by atoms with Gasteiger partial charge in [-0.05, 0) is 49.6 Å². The van der Waals surface area contributed by atoms with Crippen molar-refractivity contribution in [3.8, 4) is 0 Å². The number of rotatable bonds is 5. The number of thiophene rings is 1. The molecule has 0 amide bonds. The highest BCUT2D eigenvalue weighted by Crippen LogP contribution is 2.34. The van der Waals surface area contributed by atoms with Crippen molar-refractivity contribution in [2.45, 2.75) is 38.8 Å². The largest absolute Gasteiger partial charge is 0.371 e. The lowest BCUT2D eigenvalue weighted by Gasteiger charge is -2.21. The van der Waals surface area contributed by atoms with Gasteiger partial charge in [0, 0.05) is 10.9 Å². The van der Waals surface area contributed by atoms with Crippen molar-refractivity contribution in [2.75, 3.05) is 6.61 Å². The van der Waals surface area contributed by atoms with Crippen molar-refractivity contribution in [3.05, 3.63) is 21.9 Å². The zero-order valence-electron chi connectivity index (χ0n) is 9.40. The van der Waals surface area contributed by atoms with Crippen LogP contribution in [0.25, 0.3) is 0 Å². The first-order chi connectivity index (χ1) is 7.18. The topological polar surface area (TPSA) is 35.2 Å². The molecule has 0 aliphatic heterocycles. The normalized spacial score (nSPS) is 20.2. The molecule has 2 nitrogen and oxygen atoms in total. The smallest absolute Gasteiger partial charge is 0.107 e. The zero-order chi connectivity index (χ0) is 10.8. The van der Waals surface area contributed by atoms with Crippen LogP contribution in [0.1, 0.15) is 36.3 Å². The maximum atomic E-state index is 5.99. The molecule has 1 aliphatic carbocycles. The van der Waals surface area contributed by atoms with E-state index in [0.717, 1.165) is 12.5 Å². The fraction of sp³-hybridized carbons (Fsp3) is 0.667. The summed E-state index contributed by atoms with van der Waals surface area (Å²) >= 11 is 1.75. The van der Waals surface area contributed by atoms with E-state index < -0.39 is 0 Å². The third kappa shape index (κ3) is 2.80. The number of aryl methyl sites for hydroxylation is 1. The van der Waals surface area contributed by atoms with Gasteiger partial charge in [-0.2, -0.15) is 0 Å². The van der Waals surface area contributed by atoms with Gasteiger partial charge in [-0.3, -0.25) is 0 Å². The van der Waals surface area contributed by atoms with Gasteiger partial charge in [0.1, 0.15) is 6.10 Å². The van der Waals surface area contributed by atoms with Gasteiger partial charge in [-0.15, -0.1) is 11.3 Å². The van der Waals surface area contributed by atoms with Crippen LogP contribution in [0, 0.1) is 12.8 Å². The molecule has 0 spiro atoms. The summed E-state index contributed by atoms with van der Waals surface area (Å²) in [6, 6.07) is 2.21. The van der Waals surface area contributed by atoms with Gasteiger partial charge in [0.05, 0.1) is 6.61 Å². The highest BCUT2D eigenvalue weighted by Gasteiger charge is 2.26. The molecule has 2 unspecified atom stereocenters. The predicted molar refractivity (Wildman–Crippen MR) is 64.1 cm³/mol. The first-order valence-electron chi connectivity index (χ1n) is 5.59. The lowest BCUT2D eigenvalue weighted by molar-refractivity contribution is 0.0334. The minimum atomic E-state index is 0.0705. The molecule has 1 fully saturated rings. The second-order valence-electron chi connectivity index (χ2n) is 4.52. The third-order valence-corrected chi connectivity index (χ3v) is 3.93. The average Bonchev–Trinajstić information content (AvgIpc) is 2.91. The van der Waals surface area contributed by atoms with Gasteiger partial charge in [0.2, 0.25) is 0 Å². The molecule has 2 atom stereocenters. The second kappa shape index (κ2) is 4.64. The van der Waals surface area contributed by atoms with Gasteiger partial charge in [0.25, 0.3) is 0 Å². The molecule has 0 saturated heterocycles. The van der Waals surface area contributed by atoms with Crippen LogP contribution in [0.5, 0.6) is 0 Å². The van der Waals surface area contributed by atoms with Gasteiger partial charge in [0.15, 0.2) is 0 Å². The Morgan fingerprint density at radius 1 is 1.60 bits per heavy atom. The number of hydrogen-bond donors (Lipinski definition) is 1. The maximum absolute atomic E-state index is 5.99. The van der Waals surface area contributed by atoms with E-state index in [1.165, 1.54) is 23.3 Å². The van der Waals surface area contributed by atoms with Crippen LogP contribution in [0.3, 0.4) is 0 Å². The molecule has 1 aliphatic rings. The lowest BCUT2D eigenvalue weighted by Crippen LogP contribution is -2.27. The summed E-state index contributed by atoms with van der Waals surface area (Å²) in [6.07, 6.45) is 2.75.